The van der Waals surface area contributed by atoms with E-state index in [4.69, 9.17) is 5.11 Å². The van der Waals surface area contributed by atoms with E-state index in [2.05, 4.69) is 16.9 Å². The van der Waals surface area contributed by atoms with E-state index < -0.39 is 5.97 Å². The average molecular weight is 220 g/mol. The molecule has 0 aliphatic heterocycles. The summed E-state index contributed by atoms with van der Waals surface area (Å²) in [4.78, 5) is 19.6. The summed E-state index contributed by atoms with van der Waals surface area (Å²) in [6, 6.07) is 0. The molecule has 4 heteroatoms. The first-order chi connectivity index (χ1) is 7.50. The maximum absolute atomic E-state index is 11.0. The molecule has 0 spiro atoms. The molecule has 1 aromatic rings. The van der Waals surface area contributed by atoms with Crippen molar-refractivity contribution in [1.82, 2.24) is 9.97 Å². The number of rotatable bonds is 3. The first-order valence-electron chi connectivity index (χ1n) is 5.60. The highest BCUT2D eigenvalue weighted by Crippen LogP contribution is 2.45. The lowest BCUT2D eigenvalue weighted by Crippen LogP contribution is -2.10. The number of carboxylic acids is 1. The van der Waals surface area contributed by atoms with E-state index in [9.17, 15) is 4.79 Å². The molecule has 0 aromatic carbocycles. The van der Waals surface area contributed by atoms with Crippen molar-refractivity contribution in [1.29, 1.82) is 0 Å². The second-order valence-corrected chi connectivity index (χ2v) is 4.81. The zero-order valence-electron chi connectivity index (χ0n) is 9.77. The van der Waals surface area contributed by atoms with E-state index in [0.29, 0.717) is 17.5 Å². The van der Waals surface area contributed by atoms with Gasteiger partial charge in [-0.05, 0) is 18.3 Å². The zero-order valence-corrected chi connectivity index (χ0v) is 9.77. The summed E-state index contributed by atoms with van der Waals surface area (Å²) < 4.78 is 0. The number of aromatic carboxylic acids is 1. The van der Waals surface area contributed by atoms with Crippen LogP contribution in [0.3, 0.4) is 0 Å². The minimum atomic E-state index is -0.945. The van der Waals surface area contributed by atoms with Gasteiger partial charge in [-0.15, -0.1) is 0 Å². The van der Waals surface area contributed by atoms with Crippen LogP contribution >= 0.6 is 0 Å². The first kappa shape index (κ1) is 11.0. The van der Waals surface area contributed by atoms with Crippen LogP contribution in [0.25, 0.3) is 0 Å². The minimum absolute atomic E-state index is 0.113. The lowest BCUT2D eigenvalue weighted by molar-refractivity contribution is 0.0694. The summed E-state index contributed by atoms with van der Waals surface area (Å²) in [7, 11) is 0. The van der Waals surface area contributed by atoms with Crippen LogP contribution in [0.5, 0.6) is 0 Å². The molecule has 2 atom stereocenters. The van der Waals surface area contributed by atoms with Gasteiger partial charge in [-0.3, -0.25) is 0 Å². The Hall–Kier alpha value is -1.45. The van der Waals surface area contributed by atoms with Gasteiger partial charge in [-0.25, -0.2) is 14.8 Å². The fraction of sp³-hybridized carbons (Fsp3) is 0.583. The highest BCUT2D eigenvalue weighted by Gasteiger charge is 2.37. The Kier molecular flexibility index (Phi) is 2.66. The molecule has 2 rings (SSSR count). The molecule has 0 saturated heterocycles. The second kappa shape index (κ2) is 3.85. The number of carboxylic acid groups (broad SMARTS) is 1. The Balaban J connectivity index is 2.40. The van der Waals surface area contributed by atoms with Gasteiger partial charge in [0, 0.05) is 12.1 Å². The van der Waals surface area contributed by atoms with Crippen LogP contribution in [0, 0.1) is 5.92 Å². The van der Waals surface area contributed by atoms with Gasteiger partial charge >= 0.3 is 5.97 Å². The Morgan fingerprint density at radius 1 is 1.56 bits per heavy atom. The van der Waals surface area contributed by atoms with Gasteiger partial charge in [0.05, 0.1) is 11.3 Å². The van der Waals surface area contributed by atoms with Gasteiger partial charge in [0.2, 0.25) is 0 Å². The predicted molar refractivity (Wildman–Crippen MR) is 59.6 cm³/mol. The van der Waals surface area contributed by atoms with Gasteiger partial charge in [0.1, 0.15) is 5.82 Å². The molecule has 86 valence electrons. The summed E-state index contributed by atoms with van der Waals surface area (Å²) in [5.41, 5.74) is 0.878. The molecule has 0 bridgehead atoms. The molecular formula is C12H16N2O2. The largest absolute Gasteiger partial charge is 0.478 e. The normalized spacial score (nSPS) is 23.5. The van der Waals surface area contributed by atoms with Crippen molar-refractivity contribution < 1.29 is 9.90 Å². The van der Waals surface area contributed by atoms with Crippen LogP contribution < -0.4 is 0 Å². The number of hydrogen-bond acceptors (Lipinski definition) is 3. The van der Waals surface area contributed by atoms with Gasteiger partial charge in [-0.1, -0.05) is 20.8 Å². The van der Waals surface area contributed by atoms with E-state index >= 15 is 0 Å². The number of aromatic nitrogens is 2. The molecule has 16 heavy (non-hydrogen) atoms. The van der Waals surface area contributed by atoms with Gasteiger partial charge < -0.3 is 5.11 Å². The molecule has 1 saturated carbocycles. The maximum Gasteiger partial charge on any atom is 0.339 e. The van der Waals surface area contributed by atoms with E-state index in [-0.39, 0.29) is 11.5 Å². The summed E-state index contributed by atoms with van der Waals surface area (Å²) in [5, 5.41) is 9.03. The van der Waals surface area contributed by atoms with Crippen molar-refractivity contribution in [3.05, 3.63) is 23.3 Å². The maximum atomic E-state index is 11.0. The van der Waals surface area contributed by atoms with Crippen molar-refractivity contribution in [3.63, 3.8) is 0 Å². The summed E-state index contributed by atoms with van der Waals surface area (Å²) in [6.45, 7) is 6.07. The molecule has 1 aliphatic rings. The number of nitrogens with zero attached hydrogens (tertiary/aromatic N) is 2. The average Bonchev–Trinajstić information content (AvgIpc) is 2.94. The molecule has 2 unspecified atom stereocenters. The van der Waals surface area contributed by atoms with Gasteiger partial charge in [0.15, 0.2) is 0 Å². The Morgan fingerprint density at radius 3 is 2.62 bits per heavy atom. The third-order valence-corrected chi connectivity index (χ3v) is 3.06. The topological polar surface area (TPSA) is 63.1 Å². The molecule has 4 nitrogen and oxygen atoms in total. The first-order valence-corrected chi connectivity index (χ1v) is 5.60. The van der Waals surface area contributed by atoms with Crippen LogP contribution in [0.1, 0.15) is 60.9 Å². The molecule has 0 amide bonds. The van der Waals surface area contributed by atoms with Crippen LogP contribution in [-0.4, -0.2) is 21.0 Å². The highest BCUT2D eigenvalue weighted by atomic mass is 16.4. The molecule has 0 radical (unpaired) electrons. The zero-order chi connectivity index (χ0) is 11.9. The number of carbonyl (C=O) groups is 1. The van der Waals surface area contributed by atoms with Crippen LogP contribution in [0.4, 0.5) is 0 Å². The van der Waals surface area contributed by atoms with E-state index in [0.717, 1.165) is 12.2 Å². The van der Waals surface area contributed by atoms with E-state index in [1.54, 1.807) is 0 Å². The van der Waals surface area contributed by atoms with Crippen molar-refractivity contribution >= 4 is 5.97 Å². The molecule has 1 aliphatic carbocycles. The van der Waals surface area contributed by atoms with Crippen molar-refractivity contribution in [2.75, 3.05) is 0 Å². The SMILES string of the molecule is CC(C)c1nc(C2CC2C)ncc1C(=O)O. The fourth-order valence-corrected chi connectivity index (χ4v) is 1.87. The van der Waals surface area contributed by atoms with Crippen LogP contribution in [-0.2, 0) is 0 Å². The van der Waals surface area contributed by atoms with Crippen molar-refractivity contribution in [3.8, 4) is 0 Å². The summed E-state index contributed by atoms with van der Waals surface area (Å²) in [6.07, 6.45) is 2.56. The lowest BCUT2D eigenvalue weighted by Gasteiger charge is -2.09. The minimum Gasteiger partial charge on any atom is -0.478 e. The highest BCUT2D eigenvalue weighted by molar-refractivity contribution is 5.88. The van der Waals surface area contributed by atoms with E-state index in [1.807, 2.05) is 13.8 Å². The Labute approximate surface area is 94.7 Å². The predicted octanol–water partition coefficient (Wildman–Crippen LogP) is 2.42. The van der Waals surface area contributed by atoms with Crippen molar-refractivity contribution in [2.24, 2.45) is 5.92 Å². The monoisotopic (exact) mass is 220 g/mol. The van der Waals surface area contributed by atoms with E-state index in [1.165, 1.54) is 6.20 Å². The number of hydrogen-bond donors (Lipinski definition) is 1. The quantitative estimate of drug-likeness (QED) is 0.849. The third kappa shape index (κ3) is 1.92. The standard InChI is InChI=1S/C12H16N2O2/c1-6(2)10-9(12(15)16)5-13-11(14-10)8-4-7(8)3/h5-8H,4H2,1-3H3,(H,15,16). The molecule has 1 heterocycles. The van der Waals surface area contributed by atoms with Gasteiger partial charge in [-0.2, -0.15) is 0 Å². The van der Waals surface area contributed by atoms with Crippen LogP contribution in [0.2, 0.25) is 0 Å². The Bertz CT molecular complexity index is 429. The molecule has 1 N–H and O–H groups in total. The fourth-order valence-electron chi connectivity index (χ4n) is 1.87. The second-order valence-electron chi connectivity index (χ2n) is 4.81. The molecule has 1 fully saturated rings. The summed E-state index contributed by atoms with van der Waals surface area (Å²) in [5.74, 6) is 1.04. The molecular weight excluding hydrogens is 204 g/mol. The third-order valence-electron chi connectivity index (χ3n) is 3.06. The Morgan fingerprint density at radius 2 is 2.19 bits per heavy atom. The lowest BCUT2D eigenvalue weighted by atomic mass is 10.1. The van der Waals surface area contributed by atoms with Gasteiger partial charge in [0.25, 0.3) is 0 Å². The summed E-state index contributed by atoms with van der Waals surface area (Å²) >= 11 is 0. The smallest absolute Gasteiger partial charge is 0.339 e. The van der Waals surface area contributed by atoms with Crippen LogP contribution in [0.15, 0.2) is 6.20 Å². The van der Waals surface area contributed by atoms with Crippen molar-refractivity contribution in [2.45, 2.75) is 39.0 Å². The molecule has 1 aromatic heterocycles.